The lowest BCUT2D eigenvalue weighted by molar-refractivity contribution is 0.208. The van der Waals surface area contributed by atoms with E-state index >= 15 is 0 Å². The van der Waals surface area contributed by atoms with Crippen molar-refractivity contribution in [2.24, 2.45) is 16.6 Å². The lowest BCUT2D eigenvalue weighted by Crippen LogP contribution is -2.51. The van der Waals surface area contributed by atoms with Crippen molar-refractivity contribution in [3.63, 3.8) is 0 Å². The maximum Gasteiger partial charge on any atom is 0.213 e. The number of rotatable bonds is 6. The minimum atomic E-state index is -3.06. The first kappa shape index (κ1) is 21.2. The van der Waals surface area contributed by atoms with Gasteiger partial charge in [-0.3, -0.25) is 4.99 Å². The Labute approximate surface area is 162 Å². The molecule has 2 rings (SSSR count). The van der Waals surface area contributed by atoms with Gasteiger partial charge in [0.25, 0.3) is 0 Å². The summed E-state index contributed by atoms with van der Waals surface area (Å²) in [5.41, 5.74) is 8.07. The van der Waals surface area contributed by atoms with E-state index in [4.69, 9.17) is 5.73 Å². The fourth-order valence-electron chi connectivity index (χ4n) is 2.44. The maximum atomic E-state index is 11.6. The molecule has 6 nitrogen and oxygen atoms in total. The molecule has 0 radical (unpaired) electrons. The average Bonchev–Trinajstić information content (AvgIpc) is 2.45. The summed E-state index contributed by atoms with van der Waals surface area (Å²) in [6.45, 7) is 7.56. The van der Waals surface area contributed by atoms with Gasteiger partial charge in [-0.05, 0) is 30.5 Å². The van der Waals surface area contributed by atoms with Gasteiger partial charge in [-0.1, -0.05) is 26.0 Å². The normalized spacial score (nSPS) is 16.6. The first-order valence-electron chi connectivity index (χ1n) is 7.96. The Morgan fingerprint density at radius 1 is 1.42 bits per heavy atom. The summed E-state index contributed by atoms with van der Waals surface area (Å²) in [4.78, 5) is 4.32. The number of sulfonamides is 1. The van der Waals surface area contributed by atoms with E-state index in [9.17, 15) is 8.42 Å². The van der Waals surface area contributed by atoms with E-state index in [1.165, 1.54) is 9.87 Å². The van der Waals surface area contributed by atoms with Crippen molar-refractivity contribution in [3.8, 4) is 0 Å². The second-order valence-corrected chi connectivity index (χ2v) is 8.47. The minimum Gasteiger partial charge on any atom is -0.370 e. The van der Waals surface area contributed by atoms with Gasteiger partial charge in [0.1, 0.15) is 0 Å². The third-order valence-electron chi connectivity index (χ3n) is 4.03. The molecule has 0 bridgehead atoms. The van der Waals surface area contributed by atoms with Crippen LogP contribution in [0.1, 0.15) is 32.3 Å². The highest BCUT2D eigenvalue weighted by Crippen LogP contribution is 2.20. The molecule has 1 aliphatic rings. The van der Waals surface area contributed by atoms with Crippen LogP contribution in [0.15, 0.2) is 29.3 Å². The van der Waals surface area contributed by atoms with E-state index in [1.807, 2.05) is 12.1 Å². The molecule has 0 aromatic heterocycles. The predicted molar refractivity (Wildman–Crippen MR) is 111 cm³/mol. The quantitative estimate of drug-likeness (QED) is 0.383. The third kappa shape index (κ3) is 5.59. The van der Waals surface area contributed by atoms with Gasteiger partial charge in [0.2, 0.25) is 10.0 Å². The number of nitrogens with two attached hydrogens (primary N) is 1. The first-order valence-corrected chi connectivity index (χ1v) is 9.57. The number of benzene rings is 1. The molecule has 1 heterocycles. The van der Waals surface area contributed by atoms with Crippen LogP contribution in [0, 0.1) is 5.92 Å². The lowest BCUT2D eigenvalue weighted by atomic mass is 10.0. The number of hydrogen-bond acceptors (Lipinski definition) is 3. The molecule has 8 heteroatoms. The van der Waals surface area contributed by atoms with Crippen LogP contribution in [0.25, 0.3) is 0 Å². The van der Waals surface area contributed by atoms with Crippen LogP contribution in [0.2, 0.25) is 0 Å². The van der Waals surface area contributed by atoms with Crippen molar-refractivity contribution in [1.29, 1.82) is 0 Å². The molecule has 1 aromatic carbocycles. The number of nitrogens with zero attached hydrogens (tertiary/aromatic N) is 2. The van der Waals surface area contributed by atoms with Gasteiger partial charge in [0.15, 0.2) is 5.96 Å². The molecule has 0 saturated carbocycles. The van der Waals surface area contributed by atoms with Gasteiger partial charge in [-0.25, -0.2) is 12.7 Å². The van der Waals surface area contributed by atoms with E-state index in [1.54, 1.807) is 6.92 Å². The molecule has 24 heavy (non-hydrogen) atoms. The number of hydrogen-bond donors (Lipinski definition) is 2. The minimum absolute atomic E-state index is 0. The van der Waals surface area contributed by atoms with Crippen LogP contribution >= 0.6 is 24.0 Å². The number of nitrogens with one attached hydrogen (secondary N) is 1. The number of aliphatic imine (C=N–C) groups is 1. The van der Waals surface area contributed by atoms with Crippen molar-refractivity contribution >= 4 is 45.6 Å². The largest absolute Gasteiger partial charge is 0.370 e. The molecule has 136 valence electrons. The summed E-state index contributed by atoms with van der Waals surface area (Å²) in [6, 6.07) is 8.09. The summed E-state index contributed by atoms with van der Waals surface area (Å²) in [7, 11) is -3.06. The number of halogens is 1. The summed E-state index contributed by atoms with van der Waals surface area (Å²) < 4.78 is 24.8. The van der Waals surface area contributed by atoms with Gasteiger partial charge in [-0.15, -0.1) is 24.0 Å². The Morgan fingerprint density at radius 2 is 2.08 bits per heavy atom. The summed E-state index contributed by atoms with van der Waals surface area (Å²) in [6.07, 6.45) is 0. The lowest BCUT2D eigenvalue weighted by Gasteiger charge is -2.37. The van der Waals surface area contributed by atoms with Gasteiger partial charge in [-0.2, -0.15) is 0 Å². The highest BCUT2D eigenvalue weighted by Gasteiger charge is 2.34. The summed E-state index contributed by atoms with van der Waals surface area (Å²) in [5.74, 6) is 1.22. The maximum absolute atomic E-state index is 11.6. The topological polar surface area (TPSA) is 87.8 Å². The van der Waals surface area contributed by atoms with Gasteiger partial charge in [0, 0.05) is 31.2 Å². The van der Waals surface area contributed by atoms with Crippen molar-refractivity contribution in [2.75, 3.05) is 30.7 Å². The van der Waals surface area contributed by atoms with E-state index in [0.717, 1.165) is 5.69 Å². The Hall–Kier alpha value is -0.870. The molecular formula is C16H27IN4O2S. The average molecular weight is 466 g/mol. The van der Waals surface area contributed by atoms with Crippen LogP contribution < -0.4 is 11.1 Å². The summed E-state index contributed by atoms with van der Waals surface area (Å²) in [5, 5.41) is 3.09. The molecule has 0 amide bonds. The van der Waals surface area contributed by atoms with Crippen molar-refractivity contribution < 1.29 is 8.42 Å². The van der Waals surface area contributed by atoms with E-state index in [0.29, 0.717) is 31.5 Å². The van der Waals surface area contributed by atoms with Crippen molar-refractivity contribution in [3.05, 3.63) is 29.8 Å². The molecule has 1 aromatic rings. The van der Waals surface area contributed by atoms with Gasteiger partial charge in [0.05, 0.1) is 5.75 Å². The molecule has 1 fully saturated rings. The Morgan fingerprint density at radius 3 is 2.67 bits per heavy atom. The van der Waals surface area contributed by atoms with Crippen LogP contribution in [-0.4, -0.2) is 44.1 Å². The van der Waals surface area contributed by atoms with E-state index in [2.05, 4.69) is 36.3 Å². The van der Waals surface area contributed by atoms with Crippen LogP contribution in [0.3, 0.4) is 0 Å². The molecule has 1 saturated heterocycles. The Balaban J connectivity index is 0.00000288. The molecule has 0 aliphatic carbocycles. The van der Waals surface area contributed by atoms with Crippen LogP contribution in [0.4, 0.5) is 5.69 Å². The monoisotopic (exact) mass is 466 g/mol. The molecular weight excluding hydrogens is 439 g/mol. The van der Waals surface area contributed by atoms with Crippen LogP contribution in [-0.2, 0) is 10.0 Å². The standard InChI is InChI=1S/C16H26N4O2S.HI/c1-4-23(21,22)20-10-13(11-20)9-18-16(17)19-15-7-5-6-14(8-15)12(2)3;/h5-8,12-13H,4,9-11H2,1-3H3,(H3,17,18,19);1H. The molecule has 0 atom stereocenters. The second-order valence-electron chi connectivity index (χ2n) is 6.21. The zero-order valence-corrected chi connectivity index (χ0v) is 17.5. The molecule has 1 aliphatic heterocycles. The van der Waals surface area contributed by atoms with Crippen molar-refractivity contribution in [2.45, 2.75) is 26.7 Å². The SMILES string of the molecule is CCS(=O)(=O)N1CC(CN=C(N)Nc2cccc(C(C)C)c2)C1.I. The third-order valence-corrected chi connectivity index (χ3v) is 5.84. The highest BCUT2D eigenvalue weighted by atomic mass is 127. The van der Waals surface area contributed by atoms with E-state index < -0.39 is 10.0 Å². The second kappa shape index (κ2) is 9.00. The van der Waals surface area contributed by atoms with Crippen LogP contribution in [0.5, 0.6) is 0 Å². The molecule has 3 N–H and O–H groups in total. The molecule has 0 unspecified atom stereocenters. The fraction of sp³-hybridized carbons (Fsp3) is 0.562. The van der Waals surface area contributed by atoms with E-state index in [-0.39, 0.29) is 35.6 Å². The fourth-order valence-corrected chi connectivity index (χ4v) is 3.68. The zero-order valence-electron chi connectivity index (χ0n) is 14.4. The Bertz CT molecular complexity index is 670. The highest BCUT2D eigenvalue weighted by molar-refractivity contribution is 14.0. The smallest absolute Gasteiger partial charge is 0.213 e. The number of guanidine groups is 1. The van der Waals surface area contributed by atoms with Crippen molar-refractivity contribution in [1.82, 2.24) is 4.31 Å². The number of anilines is 1. The Kier molecular flexibility index (Phi) is 7.94. The summed E-state index contributed by atoms with van der Waals surface area (Å²) >= 11 is 0. The predicted octanol–water partition coefficient (Wildman–Crippen LogP) is 2.44. The molecule has 0 spiro atoms. The first-order chi connectivity index (χ1) is 10.8. The van der Waals surface area contributed by atoms with Gasteiger partial charge >= 0.3 is 0 Å². The zero-order chi connectivity index (χ0) is 17.0. The van der Waals surface area contributed by atoms with Gasteiger partial charge < -0.3 is 11.1 Å².